The van der Waals surface area contributed by atoms with Crippen molar-refractivity contribution in [3.63, 3.8) is 0 Å². The highest BCUT2D eigenvalue weighted by atomic mass is 32.2. The Bertz CT molecular complexity index is 1060. The lowest BCUT2D eigenvalue weighted by Gasteiger charge is -2.36. The molecule has 174 valence electrons. The third-order valence-electron chi connectivity index (χ3n) is 5.17. The zero-order chi connectivity index (χ0) is 23.3. The smallest absolute Gasteiger partial charge is 0.307 e. The first-order valence-corrected chi connectivity index (χ1v) is 11.6. The quantitative estimate of drug-likeness (QED) is 0.560. The van der Waals surface area contributed by atoms with E-state index in [0.717, 1.165) is 0 Å². The minimum absolute atomic E-state index is 0.129. The summed E-state index contributed by atoms with van der Waals surface area (Å²) in [5, 5.41) is -0.129. The number of para-hydroxylation sites is 1. The second kappa shape index (κ2) is 10.1. The number of carbonyl (C=O) groups is 2. The van der Waals surface area contributed by atoms with Crippen molar-refractivity contribution in [1.82, 2.24) is 19.2 Å². The van der Waals surface area contributed by atoms with Crippen molar-refractivity contribution >= 4 is 27.6 Å². The van der Waals surface area contributed by atoms with Crippen molar-refractivity contribution in [2.24, 2.45) is 7.05 Å². The molecule has 1 aliphatic rings. The number of hydrogen-bond acceptors (Lipinski definition) is 7. The van der Waals surface area contributed by atoms with Crippen LogP contribution in [-0.2, 0) is 31.4 Å². The Kier molecular flexibility index (Phi) is 7.46. The lowest BCUT2D eigenvalue weighted by molar-refractivity contribution is -0.152. The van der Waals surface area contributed by atoms with Crippen molar-refractivity contribution < 1.29 is 27.1 Å². The number of hydrogen-bond donors (Lipinski definition) is 1. The Labute approximate surface area is 186 Å². The lowest BCUT2D eigenvalue weighted by Crippen LogP contribution is -2.50. The molecular weight excluding hydrogens is 441 g/mol. The van der Waals surface area contributed by atoms with Crippen LogP contribution < -0.4 is 9.62 Å². The summed E-state index contributed by atoms with van der Waals surface area (Å²) in [6, 6.07) is 6.46. The zero-order valence-corrected chi connectivity index (χ0v) is 18.8. The summed E-state index contributed by atoms with van der Waals surface area (Å²) in [6.07, 6.45) is 1.15. The highest BCUT2D eigenvalue weighted by molar-refractivity contribution is 7.89. The molecule has 1 saturated heterocycles. The Balaban J connectivity index is 1.38. The molecule has 32 heavy (non-hydrogen) atoms. The van der Waals surface area contributed by atoms with Gasteiger partial charge in [0.15, 0.2) is 11.6 Å². The van der Waals surface area contributed by atoms with Crippen LogP contribution in [-0.4, -0.2) is 74.1 Å². The summed E-state index contributed by atoms with van der Waals surface area (Å²) in [5.74, 6) is -0.813. The first-order valence-electron chi connectivity index (χ1n) is 10.1. The van der Waals surface area contributed by atoms with Gasteiger partial charge in [0.2, 0.25) is 0 Å². The Hall–Kier alpha value is -2.99. The van der Waals surface area contributed by atoms with E-state index in [4.69, 9.17) is 4.74 Å². The van der Waals surface area contributed by atoms with Gasteiger partial charge in [0.05, 0.1) is 12.1 Å². The second-order valence-corrected chi connectivity index (χ2v) is 9.08. The number of nitrogens with one attached hydrogen (secondary N) is 1. The fraction of sp³-hybridized carbons (Fsp3) is 0.450. The van der Waals surface area contributed by atoms with Gasteiger partial charge in [-0.05, 0) is 19.1 Å². The molecule has 10 nitrogen and oxygen atoms in total. The molecule has 0 spiro atoms. The molecule has 2 aromatic rings. The van der Waals surface area contributed by atoms with Crippen molar-refractivity contribution in [2.45, 2.75) is 18.4 Å². The predicted molar refractivity (Wildman–Crippen MR) is 114 cm³/mol. The van der Waals surface area contributed by atoms with Crippen LogP contribution in [0.1, 0.15) is 12.2 Å². The molecule has 1 N–H and O–H groups in total. The maximum atomic E-state index is 13.9. The first kappa shape index (κ1) is 23.7. The van der Waals surface area contributed by atoms with E-state index in [2.05, 4.69) is 9.71 Å². The number of piperazine rings is 1. The summed E-state index contributed by atoms with van der Waals surface area (Å²) in [5.41, 5.74) is 0.495. The van der Waals surface area contributed by atoms with Crippen LogP contribution >= 0.6 is 0 Å². The number of sulfonamides is 1. The molecule has 1 fully saturated rings. The fourth-order valence-electron chi connectivity index (χ4n) is 3.23. The number of anilines is 1. The molecule has 0 radical (unpaired) electrons. The summed E-state index contributed by atoms with van der Waals surface area (Å²) >= 11 is 0. The van der Waals surface area contributed by atoms with Gasteiger partial charge in [-0.3, -0.25) is 9.59 Å². The summed E-state index contributed by atoms with van der Waals surface area (Å²) in [7, 11) is -2.16. The SMILES string of the molecule is Cc1nc(S(=O)(=O)NCCC(=O)OCC(=O)N2CCN(c3ccccc3F)CC2)cn1C. The number of imidazole rings is 1. The number of benzene rings is 1. The first-order chi connectivity index (χ1) is 15.2. The third kappa shape index (κ3) is 5.82. The van der Waals surface area contributed by atoms with Crippen LogP contribution in [0.15, 0.2) is 35.5 Å². The van der Waals surface area contributed by atoms with Crippen molar-refractivity contribution in [3.8, 4) is 0 Å². The summed E-state index contributed by atoms with van der Waals surface area (Å²) in [6.45, 7) is 2.77. The minimum Gasteiger partial charge on any atom is -0.456 e. The molecule has 1 amide bonds. The van der Waals surface area contributed by atoms with E-state index in [1.807, 2.05) is 4.90 Å². The fourth-order valence-corrected chi connectivity index (χ4v) is 4.30. The van der Waals surface area contributed by atoms with Crippen LogP contribution in [0.3, 0.4) is 0 Å². The minimum atomic E-state index is -3.83. The molecule has 1 aliphatic heterocycles. The molecule has 3 rings (SSSR count). The van der Waals surface area contributed by atoms with Crippen LogP contribution in [0.5, 0.6) is 0 Å². The molecule has 0 bridgehead atoms. The normalized spacial score (nSPS) is 14.5. The molecule has 0 aliphatic carbocycles. The molecule has 0 unspecified atom stereocenters. The van der Waals surface area contributed by atoms with Gasteiger partial charge in [-0.2, -0.15) is 0 Å². The number of amides is 1. The molecule has 0 atom stereocenters. The van der Waals surface area contributed by atoms with Gasteiger partial charge in [-0.15, -0.1) is 0 Å². The maximum Gasteiger partial charge on any atom is 0.307 e. The topological polar surface area (TPSA) is 114 Å². The number of rotatable bonds is 8. The Morgan fingerprint density at radius 1 is 1.19 bits per heavy atom. The summed E-state index contributed by atoms with van der Waals surface area (Å²) < 4.78 is 47.1. The van der Waals surface area contributed by atoms with Gasteiger partial charge < -0.3 is 19.1 Å². The average molecular weight is 468 g/mol. The van der Waals surface area contributed by atoms with Gasteiger partial charge >= 0.3 is 5.97 Å². The Morgan fingerprint density at radius 3 is 2.50 bits per heavy atom. The van der Waals surface area contributed by atoms with Gasteiger partial charge in [0.25, 0.3) is 15.9 Å². The highest BCUT2D eigenvalue weighted by Gasteiger charge is 2.24. The predicted octanol–water partition coefficient (Wildman–Crippen LogP) is 0.428. The van der Waals surface area contributed by atoms with E-state index in [9.17, 15) is 22.4 Å². The molecule has 12 heteroatoms. The molecule has 1 aromatic carbocycles. The van der Waals surface area contributed by atoms with Crippen LogP contribution in [0.25, 0.3) is 0 Å². The number of aryl methyl sites for hydroxylation is 2. The van der Waals surface area contributed by atoms with Crippen molar-refractivity contribution in [2.75, 3.05) is 44.2 Å². The van der Waals surface area contributed by atoms with E-state index < -0.39 is 22.6 Å². The van der Waals surface area contributed by atoms with E-state index in [1.165, 1.54) is 12.3 Å². The standard InChI is InChI=1S/C20H26FN5O5S/c1-15-23-18(13-24(15)2)32(29,30)22-8-7-20(28)31-14-19(27)26-11-9-25(10-12-26)17-6-4-3-5-16(17)21/h3-6,13,22H,7-12,14H2,1-2H3. The number of halogens is 1. The molecule has 1 aromatic heterocycles. The number of ether oxygens (including phenoxy) is 1. The maximum absolute atomic E-state index is 13.9. The van der Waals surface area contributed by atoms with Gasteiger partial charge in [-0.1, -0.05) is 12.1 Å². The highest BCUT2D eigenvalue weighted by Crippen LogP contribution is 2.20. The Morgan fingerprint density at radius 2 is 1.88 bits per heavy atom. The summed E-state index contributed by atoms with van der Waals surface area (Å²) in [4.78, 5) is 31.5. The number of esters is 1. The lowest BCUT2D eigenvalue weighted by atomic mass is 10.2. The van der Waals surface area contributed by atoms with Gasteiger partial charge in [-0.25, -0.2) is 22.5 Å². The molecule has 2 heterocycles. The van der Waals surface area contributed by atoms with Crippen LogP contribution in [0.4, 0.5) is 10.1 Å². The number of nitrogens with zero attached hydrogens (tertiary/aromatic N) is 4. The van der Waals surface area contributed by atoms with Crippen LogP contribution in [0.2, 0.25) is 0 Å². The van der Waals surface area contributed by atoms with E-state index in [-0.39, 0.29) is 29.7 Å². The molecular formula is C20H26FN5O5S. The number of carbonyl (C=O) groups excluding carboxylic acids is 2. The van der Waals surface area contributed by atoms with E-state index >= 15 is 0 Å². The van der Waals surface area contributed by atoms with Crippen molar-refractivity contribution in [3.05, 3.63) is 42.1 Å². The van der Waals surface area contributed by atoms with Crippen LogP contribution in [0, 0.1) is 12.7 Å². The largest absolute Gasteiger partial charge is 0.456 e. The van der Waals surface area contributed by atoms with Gasteiger partial charge in [0.1, 0.15) is 11.6 Å². The second-order valence-electron chi connectivity index (χ2n) is 7.36. The van der Waals surface area contributed by atoms with E-state index in [0.29, 0.717) is 37.7 Å². The van der Waals surface area contributed by atoms with E-state index in [1.54, 1.807) is 41.6 Å². The molecule has 0 saturated carbocycles. The zero-order valence-electron chi connectivity index (χ0n) is 18.0. The third-order valence-corrected chi connectivity index (χ3v) is 6.50. The monoisotopic (exact) mass is 467 g/mol. The van der Waals surface area contributed by atoms with Gasteiger partial charge in [0, 0.05) is 46.0 Å². The number of aromatic nitrogens is 2. The van der Waals surface area contributed by atoms with Crippen molar-refractivity contribution in [1.29, 1.82) is 0 Å². The average Bonchev–Trinajstić information content (AvgIpc) is 3.12.